The highest BCUT2D eigenvalue weighted by molar-refractivity contribution is 5.82. The number of aromatic nitrogens is 2. The van der Waals surface area contributed by atoms with Crippen LogP contribution in [0.15, 0.2) is 109 Å². The summed E-state index contributed by atoms with van der Waals surface area (Å²) in [5.41, 5.74) is 6.93. The number of hydrogen-bond donors (Lipinski definition) is 0. The third kappa shape index (κ3) is 4.12. The zero-order valence-corrected chi connectivity index (χ0v) is 20.6. The van der Waals surface area contributed by atoms with E-state index in [1.807, 2.05) is 24.3 Å². The molecular formula is C32H28N4O. The largest absolute Gasteiger partial charge is 0.457 e. The van der Waals surface area contributed by atoms with Crippen LogP contribution in [0.25, 0.3) is 17.1 Å². The minimum atomic E-state index is 0.798. The first-order valence-electron chi connectivity index (χ1n) is 13.0. The number of nitrogens with zero attached hydrogens (tertiary/aromatic N) is 4. The molecule has 182 valence electrons. The standard InChI is InChI=1S/C32H28N4O/c1-2-12-26(13-3-1)35-22-25-11-6-7-19-34-23-36(31-18-5-4-17-30(31)34)27-14-9-16-29(21-27)37-28-15-8-10-24(20-28)32(35)33-25/h1-5,8-10,12-18,20-22H,6-7,11,19,23H2. The van der Waals surface area contributed by atoms with Crippen molar-refractivity contribution in [1.29, 1.82) is 0 Å². The molecule has 1 aromatic heterocycles. The Morgan fingerprint density at radius 2 is 1.43 bits per heavy atom. The van der Waals surface area contributed by atoms with Crippen molar-refractivity contribution in [2.75, 3.05) is 23.0 Å². The smallest absolute Gasteiger partial charge is 0.144 e. The van der Waals surface area contributed by atoms with Gasteiger partial charge in [0.2, 0.25) is 0 Å². The van der Waals surface area contributed by atoms with Crippen LogP contribution in [0.2, 0.25) is 0 Å². The molecular weight excluding hydrogens is 456 g/mol. The summed E-state index contributed by atoms with van der Waals surface area (Å²) in [7, 11) is 0. The fourth-order valence-electron chi connectivity index (χ4n) is 5.39. The maximum Gasteiger partial charge on any atom is 0.144 e. The maximum atomic E-state index is 6.40. The van der Waals surface area contributed by atoms with Crippen LogP contribution < -0.4 is 14.5 Å². The summed E-state index contributed by atoms with van der Waals surface area (Å²) >= 11 is 0. The molecule has 2 aliphatic heterocycles. The summed E-state index contributed by atoms with van der Waals surface area (Å²) in [6.45, 7) is 1.85. The number of para-hydroxylation sites is 3. The molecule has 0 saturated heterocycles. The van der Waals surface area contributed by atoms with Crippen molar-refractivity contribution in [3.8, 4) is 28.6 Å². The molecule has 0 aliphatic carbocycles. The third-order valence-electron chi connectivity index (χ3n) is 7.18. The van der Waals surface area contributed by atoms with Crippen LogP contribution in [-0.2, 0) is 6.42 Å². The van der Waals surface area contributed by atoms with Crippen LogP contribution in [-0.4, -0.2) is 22.8 Å². The van der Waals surface area contributed by atoms with Gasteiger partial charge in [0.25, 0.3) is 0 Å². The van der Waals surface area contributed by atoms with Crippen molar-refractivity contribution in [3.63, 3.8) is 0 Å². The SMILES string of the molecule is c1ccc(-n2cc3nc2-c2cccc(c2)Oc2cccc(c2)N2CN(CCCC3)c3ccccc32)cc1. The number of imidazole rings is 1. The second-order valence-corrected chi connectivity index (χ2v) is 9.67. The fourth-order valence-corrected chi connectivity index (χ4v) is 5.39. The third-order valence-corrected chi connectivity index (χ3v) is 7.18. The second-order valence-electron chi connectivity index (χ2n) is 9.67. The normalized spacial score (nSPS) is 14.6. The molecule has 0 unspecified atom stereocenters. The van der Waals surface area contributed by atoms with Gasteiger partial charge in [-0.15, -0.1) is 0 Å². The monoisotopic (exact) mass is 484 g/mol. The predicted molar refractivity (Wildman–Crippen MR) is 149 cm³/mol. The van der Waals surface area contributed by atoms with Crippen molar-refractivity contribution >= 4 is 17.1 Å². The van der Waals surface area contributed by atoms with Gasteiger partial charge in [-0.25, -0.2) is 4.98 Å². The van der Waals surface area contributed by atoms with Crippen molar-refractivity contribution < 1.29 is 4.74 Å². The molecule has 0 atom stereocenters. The first-order chi connectivity index (χ1) is 18.3. The zero-order valence-electron chi connectivity index (χ0n) is 20.6. The number of fused-ring (bicyclic) bond motifs is 13. The molecule has 5 nitrogen and oxygen atoms in total. The van der Waals surface area contributed by atoms with E-state index >= 15 is 0 Å². The molecule has 0 saturated carbocycles. The summed E-state index contributed by atoms with van der Waals surface area (Å²) in [6.07, 6.45) is 5.33. The molecule has 0 spiro atoms. The zero-order chi connectivity index (χ0) is 24.6. The highest BCUT2D eigenvalue weighted by Gasteiger charge is 2.26. The highest BCUT2D eigenvalue weighted by atomic mass is 16.5. The molecule has 2 aliphatic rings. The number of hydrogen-bond acceptors (Lipinski definition) is 4. The van der Waals surface area contributed by atoms with E-state index in [1.165, 1.54) is 11.4 Å². The molecule has 0 fully saturated rings. The quantitative estimate of drug-likeness (QED) is 0.245. The van der Waals surface area contributed by atoms with Crippen molar-refractivity contribution in [2.24, 2.45) is 0 Å². The molecule has 37 heavy (non-hydrogen) atoms. The van der Waals surface area contributed by atoms with Crippen LogP contribution in [0.1, 0.15) is 18.5 Å². The van der Waals surface area contributed by atoms with Gasteiger partial charge >= 0.3 is 0 Å². The van der Waals surface area contributed by atoms with Crippen molar-refractivity contribution in [2.45, 2.75) is 19.3 Å². The predicted octanol–water partition coefficient (Wildman–Crippen LogP) is 7.58. The second kappa shape index (κ2) is 9.17. The van der Waals surface area contributed by atoms with Crippen molar-refractivity contribution in [1.82, 2.24) is 9.55 Å². The van der Waals surface area contributed by atoms with Crippen LogP contribution in [0, 0.1) is 0 Å². The van der Waals surface area contributed by atoms with E-state index in [0.717, 1.165) is 72.4 Å². The molecule has 5 heteroatoms. The summed E-state index contributed by atoms with van der Waals surface area (Å²) in [4.78, 5) is 9.97. The van der Waals surface area contributed by atoms with E-state index in [4.69, 9.17) is 9.72 Å². The lowest BCUT2D eigenvalue weighted by atomic mass is 10.2. The lowest BCUT2D eigenvalue weighted by Crippen LogP contribution is -2.28. The Hall–Kier alpha value is -4.51. The molecule has 0 radical (unpaired) electrons. The Morgan fingerprint density at radius 3 is 2.32 bits per heavy atom. The maximum absolute atomic E-state index is 6.40. The number of aryl methyl sites for hydroxylation is 1. The summed E-state index contributed by atoms with van der Waals surface area (Å²) in [5, 5.41) is 0. The lowest BCUT2D eigenvalue weighted by Gasteiger charge is -2.22. The van der Waals surface area contributed by atoms with Gasteiger partial charge in [-0.2, -0.15) is 0 Å². The number of anilines is 3. The Labute approximate surface area is 217 Å². The fraction of sp³-hybridized carbons (Fsp3) is 0.156. The molecule has 5 aromatic rings. The van der Waals surface area contributed by atoms with Gasteiger partial charge in [0, 0.05) is 35.7 Å². The van der Waals surface area contributed by atoms with E-state index in [9.17, 15) is 0 Å². The molecule has 0 N–H and O–H groups in total. The molecule has 4 aromatic carbocycles. The van der Waals surface area contributed by atoms with Crippen LogP contribution in [0.3, 0.4) is 0 Å². The van der Waals surface area contributed by atoms with Crippen LogP contribution in [0.5, 0.6) is 11.5 Å². The topological polar surface area (TPSA) is 33.5 Å². The van der Waals surface area contributed by atoms with Gasteiger partial charge < -0.3 is 14.5 Å². The first kappa shape index (κ1) is 21.7. The van der Waals surface area contributed by atoms with E-state index < -0.39 is 0 Å². The summed E-state index contributed by atoms with van der Waals surface area (Å²) in [5.74, 6) is 2.56. The van der Waals surface area contributed by atoms with Gasteiger partial charge in [-0.1, -0.05) is 48.5 Å². The Morgan fingerprint density at radius 1 is 0.676 bits per heavy atom. The van der Waals surface area contributed by atoms with Gasteiger partial charge in [-0.3, -0.25) is 4.57 Å². The molecule has 7 rings (SSSR count). The Balaban J connectivity index is 1.32. The van der Waals surface area contributed by atoms with E-state index in [-0.39, 0.29) is 0 Å². The summed E-state index contributed by atoms with van der Waals surface area (Å²) in [6, 6.07) is 35.8. The van der Waals surface area contributed by atoms with Gasteiger partial charge in [0.1, 0.15) is 17.3 Å². The van der Waals surface area contributed by atoms with Gasteiger partial charge in [0.05, 0.1) is 23.7 Å². The molecule has 3 heterocycles. The minimum Gasteiger partial charge on any atom is -0.457 e. The Kier molecular flexibility index (Phi) is 5.39. The van der Waals surface area contributed by atoms with E-state index in [1.54, 1.807) is 0 Å². The summed E-state index contributed by atoms with van der Waals surface area (Å²) < 4.78 is 8.60. The number of rotatable bonds is 1. The van der Waals surface area contributed by atoms with Crippen LogP contribution >= 0.6 is 0 Å². The first-order valence-corrected chi connectivity index (χ1v) is 13.0. The molecule has 0 amide bonds. The van der Waals surface area contributed by atoms with Gasteiger partial charge in [-0.05, 0) is 67.8 Å². The number of ether oxygens (including phenoxy) is 1. The average Bonchev–Trinajstić information content (AvgIpc) is 3.54. The minimum absolute atomic E-state index is 0.798. The Bertz CT molecular complexity index is 1560. The van der Waals surface area contributed by atoms with E-state index in [0.29, 0.717) is 0 Å². The van der Waals surface area contributed by atoms with Crippen LogP contribution in [0.4, 0.5) is 17.1 Å². The van der Waals surface area contributed by atoms with Crippen molar-refractivity contribution in [3.05, 3.63) is 115 Å². The van der Waals surface area contributed by atoms with Gasteiger partial charge in [0.15, 0.2) is 0 Å². The highest BCUT2D eigenvalue weighted by Crippen LogP contribution is 2.41. The van der Waals surface area contributed by atoms with E-state index in [2.05, 4.69) is 99.4 Å². The average molecular weight is 485 g/mol. The molecule has 8 bridgehead atoms. The lowest BCUT2D eigenvalue weighted by molar-refractivity contribution is 0.483. The number of benzene rings is 4.